The number of nitrogens with zero attached hydrogens (tertiary/aromatic N) is 3. The molecule has 0 atom stereocenters. The Labute approximate surface area is 120 Å². The van der Waals surface area contributed by atoms with E-state index in [-0.39, 0.29) is 0 Å². The van der Waals surface area contributed by atoms with E-state index in [1.807, 2.05) is 7.05 Å². The van der Waals surface area contributed by atoms with Crippen LogP contribution in [0.15, 0.2) is 24.3 Å². The molecule has 108 valence electrons. The van der Waals surface area contributed by atoms with E-state index in [0.717, 1.165) is 31.6 Å². The first-order valence-corrected chi connectivity index (χ1v) is 7.69. The first kappa shape index (κ1) is 13.6. The molecule has 1 aliphatic heterocycles. The highest BCUT2D eigenvalue weighted by Crippen LogP contribution is 2.17. The number of rotatable bonds is 6. The third-order valence-electron chi connectivity index (χ3n) is 4.17. The Balaban J connectivity index is 1.81. The zero-order valence-corrected chi connectivity index (χ0v) is 12.3. The summed E-state index contributed by atoms with van der Waals surface area (Å²) in [6.07, 6.45) is 3.71. The summed E-state index contributed by atoms with van der Waals surface area (Å²) in [6.45, 7) is 5.70. The van der Waals surface area contributed by atoms with E-state index in [1.54, 1.807) is 0 Å². The molecule has 0 saturated carbocycles. The Morgan fingerprint density at radius 3 is 2.75 bits per heavy atom. The number of imidazole rings is 1. The summed E-state index contributed by atoms with van der Waals surface area (Å²) in [5, 5.41) is 3.22. The number of likely N-dealkylation sites (N-methyl/N-ethyl adjacent to an activating group) is 1. The fraction of sp³-hybridized carbons (Fsp3) is 0.562. The lowest BCUT2D eigenvalue weighted by Crippen LogP contribution is -2.25. The second-order valence-electron chi connectivity index (χ2n) is 5.57. The van der Waals surface area contributed by atoms with Crippen LogP contribution in [0.25, 0.3) is 11.0 Å². The molecule has 0 aliphatic carbocycles. The quantitative estimate of drug-likeness (QED) is 0.872. The van der Waals surface area contributed by atoms with Crippen LogP contribution in [0.5, 0.6) is 0 Å². The molecule has 3 rings (SSSR count). The topological polar surface area (TPSA) is 33.1 Å². The molecular weight excluding hydrogens is 248 g/mol. The third kappa shape index (κ3) is 2.86. The van der Waals surface area contributed by atoms with Gasteiger partial charge in [0, 0.05) is 26.1 Å². The highest BCUT2D eigenvalue weighted by atomic mass is 15.2. The van der Waals surface area contributed by atoms with Gasteiger partial charge in [0.05, 0.1) is 11.0 Å². The monoisotopic (exact) mass is 272 g/mol. The highest BCUT2D eigenvalue weighted by molar-refractivity contribution is 5.75. The number of nitrogens with one attached hydrogen (secondary N) is 1. The Kier molecular flexibility index (Phi) is 4.33. The summed E-state index contributed by atoms with van der Waals surface area (Å²) in [4.78, 5) is 7.37. The summed E-state index contributed by atoms with van der Waals surface area (Å²) < 4.78 is 2.41. The van der Waals surface area contributed by atoms with Crippen LogP contribution >= 0.6 is 0 Å². The van der Waals surface area contributed by atoms with E-state index in [0.29, 0.717) is 0 Å². The number of benzene rings is 1. The Bertz CT molecular complexity index is 555. The summed E-state index contributed by atoms with van der Waals surface area (Å²) in [5.74, 6) is 1.21. The minimum absolute atomic E-state index is 0.979. The summed E-state index contributed by atoms with van der Waals surface area (Å²) >= 11 is 0. The average Bonchev–Trinajstić information content (AvgIpc) is 3.10. The van der Waals surface area contributed by atoms with Crippen molar-refractivity contribution in [1.82, 2.24) is 19.8 Å². The van der Waals surface area contributed by atoms with Gasteiger partial charge in [-0.25, -0.2) is 4.98 Å². The molecule has 4 heteroatoms. The van der Waals surface area contributed by atoms with E-state index in [2.05, 4.69) is 39.0 Å². The molecule has 0 bridgehead atoms. The second kappa shape index (κ2) is 6.37. The molecule has 1 N–H and O–H groups in total. The van der Waals surface area contributed by atoms with Crippen LogP contribution in [-0.2, 0) is 13.0 Å². The lowest BCUT2D eigenvalue weighted by atomic mass is 10.3. The predicted octanol–water partition coefficient (Wildman–Crippen LogP) is 1.89. The average molecular weight is 272 g/mol. The van der Waals surface area contributed by atoms with Gasteiger partial charge in [0.1, 0.15) is 5.82 Å². The molecule has 2 aromatic rings. The normalized spacial score (nSPS) is 16.2. The van der Waals surface area contributed by atoms with Gasteiger partial charge in [0.15, 0.2) is 0 Å². The number of para-hydroxylation sites is 2. The van der Waals surface area contributed by atoms with Crippen molar-refractivity contribution in [2.75, 3.05) is 33.2 Å². The maximum Gasteiger partial charge on any atom is 0.111 e. The largest absolute Gasteiger partial charge is 0.327 e. The van der Waals surface area contributed by atoms with Gasteiger partial charge in [-0.1, -0.05) is 12.1 Å². The minimum Gasteiger partial charge on any atom is -0.327 e. The molecule has 0 amide bonds. The molecule has 20 heavy (non-hydrogen) atoms. The molecule has 0 spiro atoms. The van der Waals surface area contributed by atoms with Crippen LogP contribution in [0.3, 0.4) is 0 Å². The predicted molar refractivity (Wildman–Crippen MR) is 83.0 cm³/mol. The molecule has 0 unspecified atom stereocenters. The molecule has 1 aromatic carbocycles. The van der Waals surface area contributed by atoms with Crippen molar-refractivity contribution in [3.63, 3.8) is 0 Å². The Hall–Kier alpha value is -1.39. The number of aromatic nitrogens is 2. The van der Waals surface area contributed by atoms with Crippen LogP contribution in [0.4, 0.5) is 0 Å². The molecule has 1 aliphatic rings. The fourth-order valence-electron chi connectivity index (χ4n) is 3.05. The molecule has 1 saturated heterocycles. The smallest absolute Gasteiger partial charge is 0.111 e. The van der Waals surface area contributed by atoms with Crippen molar-refractivity contribution < 1.29 is 0 Å². The van der Waals surface area contributed by atoms with Crippen molar-refractivity contribution in [1.29, 1.82) is 0 Å². The zero-order valence-electron chi connectivity index (χ0n) is 12.3. The maximum atomic E-state index is 4.80. The minimum atomic E-state index is 0.979. The van der Waals surface area contributed by atoms with Gasteiger partial charge in [-0.15, -0.1) is 0 Å². The van der Waals surface area contributed by atoms with Crippen molar-refractivity contribution in [3.05, 3.63) is 30.1 Å². The highest BCUT2D eigenvalue weighted by Gasteiger charge is 2.14. The lowest BCUT2D eigenvalue weighted by Gasteiger charge is -2.16. The molecular formula is C16H24N4. The molecule has 1 fully saturated rings. The number of likely N-dealkylation sites (tertiary alicyclic amines) is 1. The van der Waals surface area contributed by atoms with E-state index >= 15 is 0 Å². The number of fused-ring (bicyclic) bond motifs is 1. The Morgan fingerprint density at radius 1 is 1.15 bits per heavy atom. The summed E-state index contributed by atoms with van der Waals surface area (Å²) in [5.41, 5.74) is 2.40. The van der Waals surface area contributed by atoms with Gasteiger partial charge >= 0.3 is 0 Å². The van der Waals surface area contributed by atoms with Crippen LogP contribution in [0.1, 0.15) is 18.7 Å². The van der Waals surface area contributed by atoms with Crippen LogP contribution < -0.4 is 5.32 Å². The van der Waals surface area contributed by atoms with Gasteiger partial charge in [0.2, 0.25) is 0 Å². The van der Waals surface area contributed by atoms with Gasteiger partial charge < -0.3 is 14.8 Å². The van der Waals surface area contributed by atoms with E-state index < -0.39 is 0 Å². The van der Waals surface area contributed by atoms with Crippen LogP contribution in [0, 0.1) is 0 Å². The SMILES string of the molecule is CNCCc1nc2ccccc2n1CCN1CCCC1. The van der Waals surface area contributed by atoms with E-state index in [9.17, 15) is 0 Å². The number of hydrogen-bond acceptors (Lipinski definition) is 3. The van der Waals surface area contributed by atoms with E-state index in [1.165, 1.54) is 37.3 Å². The standard InChI is InChI=1S/C16H24N4/c1-17-9-8-16-18-14-6-2-3-7-15(14)20(16)13-12-19-10-4-5-11-19/h2-3,6-7,17H,4-5,8-13H2,1H3. The molecule has 0 radical (unpaired) electrons. The fourth-order valence-corrected chi connectivity index (χ4v) is 3.05. The van der Waals surface area contributed by atoms with Gasteiger partial charge in [0.25, 0.3) is 0 Å². The van der Waals surface area contributed by atoms with Gasteiger partial charge in [-0.2, -0.15) is 0 Å². The zero-order chi connectivity index (χ0) is 13.8. The van der Waals surface area contributed by atoms with Crippen molar-refractivity contribution in [2.24, 2.45) is 0 Å². The van der Waals surface area contributed by atoms with Gasteiger partial charge in [-0.05, 0) is 45.1 Å². The van der Waals surface area contributed by atoms with Crippen molar-refractivity contribution in [3.8, 4) is 0 Å². The first-order chi connectivity index (χ1) is 9.88. The van der Waals surface area contributed by atoms with Gasteiger partial charge in [-0.3, -0.25) is 0 Å². The van der Waals surface area contributed by atoms with Crippen LogP contribution in [-0.4, -0.2) is 47.7 Å². The van der Waals surface area contributed by atoms with Crippen LogP contribution in [0.2, 0.25) is 0 Å². The van der Waals surface area contributed by atoms with E-state index in [4.69, 9.17) is 4.98 Å². The van der Waals surface area contributed by atoms with Crippen molar-refractivity contribution >= 4 is 11.0 Å². The molecule has 1 aromatic heterocycles. The second-order valence-corrected chi connectivity index (χ2v) is 5.57. The van der Waals surface area contributed by atoms with Crippen molar-refractivity contribution in [2.45, 2.75) is 25.8 Å². The molecule has 2 heterocycles. The Morgan fingerprint density at radius 2 is 1.95 bits per heavy atom. The number of hydrogen-bond donors (Lipinski definition) is 1. The maximum absolute atomic E-state index is 4.80. The summed E-state index contributed by atoms with van der Waals surface area (Å²) in [7, 11) is 2.00. The summed E-state index contributed by atoms with van der Waals surface area (Å²) in [6, 6.07) is 8.49. The molecule has 4 nitrogen and oxygen atoms in total. The third-order valence-corrected chi connectivity index (χ3v) is 4.17. The lowest BCUT2D eigenvalue weighted by molar-refractivity contribution is 0.322. The first-order valence-electron chi connectivity index (χ1n) is 7.69.